The lowest BCUT2D eigenvalue weighted by atomic mass is 10.0. The Balaban J connectivity index is 1.91. The molecule has 0 spiro atoms. The van der Waals surface area contributed by atoms with Gasteiger partial charge >= 0.3 is 0 Å². The Bertz CT molecular complexity index is 996. The molecule has 2 aromatic rings. The van der Waals surface area contributed by atoms with Crippen LogP contribution in [0, 0.1) is 5.21 Å². The van der Waals surface area contributed by atoms with Crippen LogP contribution in [0.3, 0.4) is 0 Å². The first kappa shape index (κ1) is 17.7. The van der Waals surface area contributed by atoms with Gasteiger partial charge in [-0.3, -0.25) is 0 Å². The van der Waals surface area contributed by atoms with Gasteiger partial charge in [-0.25, -0.2) is 10.0 Å². The van der Waals surface area contributed by atoms with Gasteiger partial charge in [0, 0.05) is 22.7 Å². The van der Waals surface area contributed by atoms with Crippen molar-refractivity contribution in [1.29, 1.82) is 0 Å². The largest absolute Gasteiger partial charge is 0.623 e. The van der Waals surface area contributed by atoms with Crippen LogP contribution < -0.4 is 0 Å². The van der Waals surface area contributed by atoms with Gasteiger partial charge in [0.1, 0.15) is 0 Å². The van der Waals surface area contributed by atoms with Crippen LogP contribution in [-0.4, -0.2) is 44.4 Å². The molecule has 0 saturated heterocycles. The molecule has 2 aromatic carbocycles. The minimum Gasteiger partial charge on any atom is -0.623 e. The summed E-state index contributed by atoms with van der Waals surface area (Å²) < 4.78 is 0.885. The zero-order chi connectivity index (χ0) is 19.2. The van der Waals surface area contributed by atoms with Gasteiger partial charge in [0.05, 0.1) is 11.3 Å². The number of fused-ring (bicyclic) bond motifs is 1. The second kappa shape index (κ2) is 6.48. The molecule has 2 aliphatic heterocycles. The van der Waals surface area contributed by atoms with E-state index in [-0.39, 0.29) is 6.54 Å². The van der Waals surface area contributed by atoms with Crippen LogP contribution in [-0.2, 0) is 0 Å². The fraction of sp³-hybridized carbons (Fsp3) is 0.250. The van der Waals surface area contributed by atoms with E-state index in [9.17, 15) is 10.3 Å². The summed E-state index contributed by atoms with van der Waals surface area (Å²) in [5.74, 6) is 0.390. The predicted molar refractivity (Wildman–Crippen MR) is 107 cm³/mol. The van der Waals surface area contributed by atoms with Crippen molar-refractivity contribution in [2.45, 2.75) is 26.0 Å². The summed E-state index contributed by atoms with van der Waals surface area (Å²) in [6.45, 7) is 3.47. The molecule has 1 N–H and O–H groups in total. The van der Waals surface area contributed by atoms with Crippen LogP contribution >= 0.6 is 11.6 Å². The number of hydrogen-bond acceptors (Lipinski definition) is 5. The molecule has 1 unspecified atom stereocenters. The maximum Gasteiger partial charge on any atom is 0.228 e. The summed E-state index contributed by atoms with van der Waals surface area (Å²) >= 11 is 6.20. The zero-order valence-electron chi connectivity index (χ0n) is 15.1. The number of hydroxylamine groups is 1. The molecule has 0 amide bonds. The first-order chi connectivity index (χ1) is 12.8. The Morgan fingerprint density at radius 3 is 2.63 bits per heavy atom. The third-order valence-corrected chi connectivity index (χ3v) is 4.84. The summed E-state index contributed by atoms with van der Waals surface area (Å²) in [5.41, 5.74) is 2.10. The molecule has 6 nitrogen and oxygen atoms in total. The van der Waals surface area contributed by atoms with Crippen LogP contribution in [0.1, 0.15) is 31.4 Å². The lowest BCUT2D eigenvalue weighted by Crippen LogP contribution is -2.45. The van der Waals surface area contributed by atoms with E-state index in [1.165, 1.54) is 5.01 Å². The maximum atomic E-state index is 13.1. The highest BCUT2D eigenvalue weighted by Gasteiger charge is 2.40. The quantitative estimate of drug-likeness (QED) is 0.605. The highest BCUT2D eigenvalue weighted by atomic mass is 35.5. The minimum absolute atomic E-state index is 0.0382. The van der Waals surface area contributed by atoms with E-state index in [0.717, 1.165) is 16.0 Å². The standard InChI is InChI=1S/C20H19ClN4O2/c1-13-11-20(2,26)25(23-13)18-12-24(27)19(14-6-4-3-5-7-14)16-10-15(21)8-9-17(16)22-18/h3-10,26H,11-12H2,1-2H3. The molecular formula is C20H19ClN4O2. The fourth-order valence-electron chi connectivity index (χ4n) is 3.53. The van der Waals surface area contributed by atoms with E-state index >= 15 is 0 Å². The van der Waals surface area contributed by atoms with Crippen LogP contribution in [0.25, 0.3) is 0 Å². The van der Waals surface area contributed by atoms with Crippen molar-refractivity contribution in [3.8, 4) is 0 Å². The van der Waals surface area contributed by atoms with E-state index in [1.807, 2.05) is 37.3 Å². The molecule has 0 bridgehead atoms. The van der Waals surface area contributed by atoms with Crippen LogP contribution in [0.2, 0.25) is 5.02 Å². The van der Waals surface area contributed by atoms with Gasteiger partial charge in [0.2, 0.25) is 12.3 Å². The molecule has 2 heterocycles. The van der Waals surface area contributed by atoms with Gasteiger partial charge < -0.3 is 10.3 Å². The van der Waals surface area contributed by atoms with Crippen molar-refractivity contribution in [3.05, 3.63) is 69.9 Å². The number of aliphatic imine (C=N–C) groups is 1. The molecule has 2 aliphatic rings. The average molecular weight is 383 g/mol. The van der Waals surface area contributed by atoms with Crippen LogP contribution in [0.15, 0.2) is 58.6 Å². The second-order valence-electron chi connectivity index (χ2n) is 6.98. The number of hydrogen-bond donors (Lipinski definition) is 1. The number of benzene rings is 2. The molecular weight excluding hydrogens is 364 g/mol. The normalized spacial score (nSPS) is 22.3. The molecule has 0 fully saturated rings. The summed E-state index contributed by atoms with van der Waals surface area (Å²) in [7, 11) is 0. The third kappa shape index (κ3) is 3.22. The molecule has 0 aromatic heterocycles. The molecule has 138 valence electrons. The fourth-order valence-corrected chi connectivity index (χ4v) is 3.70. The number of rotatable bonds is 1. The Kier molecular flexibility index (Phi) is 4.25. The molecule has 0 saturated carbocycles. The average Bonchev–Trinajstić information content (AvgIpc) is 2.80. The SMILES string of the molecule is CC1=NN(C2=Nc3ccc(Cl)cc3C(c3ccccc3)=[N+]([O-])C2)C(C)(O)C1. The predicted octanol–water partition coefficient (Wildman–Crippen LogP) is 3.52. The minimum atomic E-state index is -1.21. The van der Waals surface area contributed by atoms with E-state index < -0.39 is 5.72 Å². The van der Waals surface area contributed by atoms with Gasteiger partial charge in [-0.15, -0.1) is 0 Å². The molecule has 4 rings (SSSR count). The van der Waals surface area contributed by atoms with Crippen molar-refractivity contribution < 1.29 is 9.85 Å². The molecule has 0 radical (unpaired) electrons. The summed E-state index contributed by atoms with van der Waals surface area (Å²) in [6, 6.07) is 14.7. The lowest BCUT2D eigenvalue weighted by molar-refractivity contribution is -0.440. The van der Waals surface area contributed by atoms with Gasteiger partial charge in [-0.2, -0.15) is 9.84 Å². The first-order valence-electron chi connectivity index (χ1n) is 8.66. The van der Waals surface area contributed by atoms with Crippen molar-refractivity contribution in [2.75, 3.05) is 6.54 Å². The van der Waals surface area contributed by atoms with Gasteiger partial charge in [0.15, 0.2) is 11.6 Å². The molecule has 0 aliphatic carbocycles. The number of hydrazone groups is 1. The number of amidine groups is 1. The Hall–Kier alpha value is -2.70. The highest BCUT2D eigenvalue weighted by Crippen LogP contribution is 2.31. The smallest absolute Gasteiger partial charge is 0.228 e. The monoisotopic (exact) mass is 382 g/mol. The summed E-state index contributed by atoms with van der Waals surface area (Å²) in [5, 5.41) is 30.2. The van der Waals surface area contributed by atoms with Gasteiger partial charge in [0.25, 0.3) is 0 Å². The number of halogens is 1. The van der Waals surface area contributed by atoms with Crippen molar-refractivity contribution in [3.63, 3.8) is 0 Å². The molecule has 27 heavy (non-hydrogen) atoms. The van der Waals surface area contributed by atoms with Crippen LogP contribution in [0.5, 0.6) is 0 Å². The highest BCUT2D eigenvalue weighted by molar-refractivity contribution is 6.31. The first-order valence-corrected chi connectivity index (χ1v) is 9.04. The van der Waals surface area contributed by atoms with Crippen molar-refractivity contribution >= 4 is 34.5 Å². The van der Waals surface area contributed by atoms with Gasteiger partial charge in [-0.1, -0.05) is 29.8 Å². The number of aliphatic hydroxyl groups is 1. The molecule has 7 heteroatoms. The lowest BCUT2D eigenvalue weighted by Gasteiger charge is -2.28. The van der Waals surface area contributed by atoms with E-state index in [1.54, 1.807) is 25.1 Å². The van der Waals surface area contributed by atoms with E-state index in [0.29, 0.717) is 34.2 Å². The van der Waals surface area contributed by atoms with Crippen LogP contribution in [0.4, 0.5) is 5.69 Å². The second-order valence-corrected chi connectivity index (χ2v) is 7.42. The van der Waals surface area contributed by atoms with Crippen molar-refractivity contribution in [2.24, 2.45) is 10.1 Å². The summed E-state index contributed by atoms with van der Waals surface area (Å²) in [6.07, 6.45) is 0.396. The van der Waals surface area contributed by atoms with E-state index in [4.69, 9.17) is 11.6 Å². The number of nitrogens with zero attached hydrogens (tertiary/aromatic N) is 4. The Labute approximate surface area is 162 Å². The molecule has 1 atom stereocenters. The Morgan fingerprint density at radius 1 is 1.22 bits per heavy atom. The summed E-state index contributed by atoms with van der Waals surface area (Å²) in [4.78, 5) is 4.67. The van der Waals surface area contributed by atoms with Crippen molar-refractivity contribution in [1.82, 2.24) is 5.01 Å². The Morgan fingerprint density at radius 2 is 1.96 bits per heavy atom. The van der Waals surface area contributed by atoms with E-state index in [2.05, 4.69) is 10.1 Å². The topological polar surface area (TPSA) is 74.3 Å². The third-order valence-electron chi connectivity index (χ3n) is 4.61. The zero-order valence-corrected chi connectivity index (χ0v) is 15.8. The van der Waals surface area contributed by atoms with Gasteiger partial charge in [-0.05, 0) is 44.2 Å². The maximum absolute atomic E-state index is 13.1.